The van der Waals surface area contributed by atoms with Crippen molar-refractivity contribution in [1.29, 1.82) is 0 Å². The second kappa shape index (κ2) is 3.73. The van der Waals surface area contributed by atoms with Crippen molar-refractivity contribution in [2.24, 2.45) is 0 Å². The van der Waals surface area contributed by atoms with E-state index >= 15 is 0 Å². The van der Waals surface area contributed by atoms with Crippen molar-refractivity contribution >= 4 is 17.6 Å². The average molecular weight is 213 g/mol. The normalized spacial score (nSPS) is 17.9. The summed E-state index contributed by atoms with van der Waals surface area (Å²) in [5, 5.41) is 3.13. The highest BCUT2D eigenvalue weighted by Gasteiger charge is 2.41. The van der Waals surface area contributed by atoms with Gasteiger partial charge in [-0.15, -0.1) is 0 Å². The highest BCUT2D eigenvalue weighted by molar-refractivity contribution is 8.00. The molecule has 76 valence electrons. The lowest BCUT2D eigenvalue weighted by Crippen LogP contribution is -2.18. The summed E-state index contributed by atoms with van der Waals surface area (Å²) >= 11 is 1.86. The molecule has 14 heavy (non-hydrogen) atoms. The minimum absolute atomic E-state index is 0.363. The number of halogens is 1. The van der Waals surface area contributed by atoms with Gasteiger partial charge in [-0.1, -0.05) is 0 Å². The quantitative estimate of drug-likeness (QED) is 0.775. The maximum absolute atomic E-state index is 12.7. The summed E-state index contributed by atoms with van der Waals surface area (Å²) in [6, 6.07) is 1.32. The van der Waals surface area contributed by atoms with Crippen molar-refractivity contribution in [2.45, 2.75) is 17.6 Å². The molecule has 1 aliphatic rings. The second-order valence-corrected chi connectivity index (χ2v) is 4.74. The van der Waals surface area contributed by atoms with Gasteiger partial charge >= 0.3 is 0 Å². The molecule has 3 nitrogen and oxygen atoms in total. The molecule has 1 aliphatic carbocycles. The Morgan fingerprint density at radius 1 is 1.57 bits per heavy atom. The lowest BCUT2D eigenvalue weighted by molar-refractivity contribution is 0.580. The topological polar surface area (TPSA) is 37.8 Å². The predicted molar refractivity (Wildman–Crippen MR) is 56.0 cm³/mol. The average Bonchev–Trinajstić information content (AvgIpc) is 2.96. The molecule has 0 unspecified atom stereocenters. The molecule has 0 saturated heterocycles. The van der Waals surface area contributed by atoms with Gasteiger partial charge in [-0.05, 0) is 19.1 Å². The van der Waals surface area contributed by atoms with Crippen LogP contribution < -0.4 is 5.32 Å². The van der Waals surface area contributed by atoms with Gasteiger partial charge in [0, 0.05) is 17.4 Å². The number of nitrogens with one attached hydrogen (secondary N) is 1. The molecular formula is C9H12FN3S. The van der Waals surface area contributed by atoms with Crippen LogP contribution in [0.5, 0.6) is 0 Å². The van der Waals surface area contributed by atoms with Gasteiger partial charge in [-0.2, -0.15) is 16.2 Å². The summed E-state index contributed by atoms with van der Waals surface area (Å²) in [5.41, 5.74) is 0. The Morgan fingerprint density at radius 2 is 2.36 bits per heavy atom. The Balaban J connectivity index is 1.92. The van der Waals surface area contributed by atoms with Crippen LogP contribution in [0.3, 0.4) is 0 Å². The maximum Gasteiger partial charge on any atom is 0.217 e. The van der Waals surface area contributed by atoms with Gasteiger partial charge in [0.1, 0.15) is 12.1 Å². The zero-order valence-corrected chi connectivity index (χ0v) is 8.77. The predicted octanol–water partition coefficient (Wildman–Crippen LogP) is 1.92. The minimum atomic E-state index is -0.489. The van der Waals surface area contributed by atoms with E-state index in [-0.39, 0.29) is 0 Å². The van der Waals surface area contributed by atoms with Gasteiger partial charge in [0.2, 0.25) is 5.95 Å². The summed E-state index contributed by atoms with van der Waals surface area (Å²) in [5.74, 6) is 0.0781. The molecule has 0 amide bonds. The number of nitrogens with zero attached hydrogens (tertiary/aromatic N) is 2. The van der Waals surface area contributed by atoms with Gasteiger partial charge in [0.05, 0.1) is 0 Å². The van der Waals surface area contributed by atoms with Gasteiger partial charge in [0.25, 0.3) is 0 Å². The Morgan fingerprint density at radius 3 is 2.93 bits per heavy atom. The van der Waals surface area contributed by atoms with Gasteiger partial charge in [-0.25, -0.2) is 9.97 Å². The molecule has 0 spiro atoms. The van der Waals surface area contributed by atoms with E-state index < -0.39 is 5.95 Å². The SMILES string of the molecule is CSC1(CNc2cc(F)ncn2)CC1. The third-order valence-electron chi connectivity index (χ3n) is 2.47. The fourth-order valence-corrected chi connectivity index (χ4v) is 2.00. The van der Waals surface area contributed by atoms with Crippen molar-refractivity contribution in [2.75, 3.05) is 18.1 Å². The largest absolute Gasteiger partial charge is 0.368 e. The monoisotopic (exact) mass is 213 g/mol. The Kier molecular flexibility index (Phi) is 2.58. The summed E-state index contributed by atoms with van der Waals surface area (Å²) in [6.45, 7) is 0.852. The number of anilines is 1. The Labute approximate surface area is 86.5 Å². The summed E-state index contributed by atoms with van der Waals surface area (Å²) < 4.78 is 13.1. The van der Waals surface area contributed by atoms with Gasteiger partial charge < -0.3 is 5.32 Å². The molecule has 0 aliphatic heterocycles. The van der Waals surface area contributed by atoms with Gasteiger partial charge in [-0.3, -0.25) is 0 Å². The molecule has 0 radical (unpaired) electrons. The number of rotatable bonds is 4. The third kappa shape index (κ3) is 2.15. The first-order valence-electron chi connectivity index (χ1n) is 4.51. The van der Waals surface area contributed by atoms with Crippen LogP contribution in [0.25, 0.3) is 0 Å². The zero-order valence-electron chi connectivity index (χ0n) is 7.96. The van der Waals surface area contributed by atoms with Crippen LogP contribution in [0.1, 0.15) is 12.8 Å². The van der Waals surface area contributed by atoms with Crippen LogP contribution in [0.2, 0.25) is 0 Å². The van der Waals surface area contributed by atoms with E-state index in [9.17, 15) is 4.39 Å². The van der Waals surface area contributed by atoms with Crippen molar-refractivity contribution in [3.8, 4) is 0 Å². The first kappa shape index (κ1) is 9.71. The van der Waals surface area contributed by atoms with E-state index in [1.807, 2.05) is 11.8 Å². The molecule has 5 heteroatoms. The standard InChI is InChI=1S/C9H12FN3S/c1-14-9(2-3-9)5-11-8-4-7(10)12-6-13-8/h4,6H,2-3,5H2,1H3,(H,11,12,13). The highest BCUT2D eigenvalue weighted by atomic mass is 32.2. The fourth-order valence-electron chi connectivity index (χ4n) is 1.27. The van der Waals surface area contributed by atoms with E-state index in [0.29, 0.717) is 10.6 Å². The van der Waals surface area contributed by atoms with Gasteiger partial charge in [0.15, 0.2) is 0 Å². The molecule has 1 heterocycles. The smallest absolute Gasteiger partial charge is 0.217 e. The van der Waals surface area contributed by atoms with Crippen LogP contribution in [0.15, 0.2) is 12.4 Å². The minimum Gasteiger partial charge on any atom is -0.368 e. The molecule has 1 aromatic rings. The number of aromatic nitrogens is 2. The Hall–Kier alpha value is -0.840. The first-order valence-corrected chi connectivity index (χ1v) is 5.73. The summed E-state index contributed by atoms with van der Waals surface area (Å²) in [7, 11) is 0. The van der Waals surface area contributed by atoms with Crippen LogP contribution in [0, 0.1) is 5.95 Å². The van der Waals surface area contributed by atoms with Crippen LogP contribution in [-0.2, 0) is 0 Å². The maximum atomic E-state index is 12.7. The number of hydrogen-bond donors (Lipinski definition) is 1. The molecule has 2 rings (SSSR count). The molecule has 1 saturated carbocycles. The lowest BCUT2D eigenvalue weighted by atomic mass is 10.4. The Bertz CT molecular complexity index is 328. The molecule has 1 aromatic heterocycles. The summed E-state index contributed by atoms with van der Waals surface area (Å²) in [4.78, 5) is 7.33. The van der Waals surface area contributed by atoms with E-state index in [4.69, 9.17) is 0 Å². The molecule has 0 aromatic carbocycles. The number of thioether (sulfide) groups is 1. The zero-order chi connectivity index (χ0) is 10.0. The molecule has 0 bridgehead atoms. The molecule has 0 atom stereocenters. The van der Waals surface area contributed by atoms with Crippen LogP contribution in [0.4, 0.5) is 10.2 Å². The van der Waals surface area contributed by atoms with Crippen molar-refractivity contribution in [1.82, 2.24) is 9.97 Å². The highest BCUT2D eigenvalue weighted by Crippen LogP contribution is 2.46. The fraction of sp³-hybridized carbons (Fsp3) is 0.556. The molecule has 1 fully saturated rings. The van der Waals surface area contributed by atoms with Crippen molar-refractivity contribution < 1.29 is 4.39 Å². The van der Waals surface area contributed by atoms with E-state index in [2.05, 4.69) is 21.5 Å². The van der Waals surface area contributed by atoms with Crippen LogP contribution >= 0.6 is 11.8 Å². The van der Waals surface area contributed by atoms with E-state index in [1.54, 1.807) is 0 Å². The van der Waals surface area contributed by atoms with Crippen molar-refractivity contribution in [3.05, 3.63) is 18.3 Å². The summed E-state index contributed by atoms with van der Waals surface area (Å²) in [6.07, 6.45) is 5.80. The first-order chi connectivity index (χ1) is 6.74. The van der Waals surface area contributed by atoms with E-state index in [1.165, 1.54) is 25.2 Å². The van der Waals surface area contributed by atoms with Crippen LogP contribution in [-0.4, -0.2) is 27.5 Å². The third-order valence-corrected chi connectivity index (χ3v) is 3.88. The van der Waals surface area contributed by atoms with E-state index in [0.717, 1.165) is 6.54 Å². The lowest BCUT2D eigenvalue weighted by Gasteiger charge is -2.12. The van der Waals surface area contributed by atoms with Crippen molar-refractivity contribution in [3.63, 3.8) is 0 Å². The number of hydrogen-bond acceptors (Lipinski definition) is 4. The second-order valence-electron chi connectivity index (χ2n) is 3.47. The molecule has 1 N–H and O–H groups in total. The molecular weight excluding hydrogens is 201 g/mol.